The number of nitrogens with one attached hydrogen (secondary N) is 1. The Labute approximate surface area is 158 Å². The monoisotopic (exact) mass is 371 g/mol. The molecule has 0 saturated carbocycles. The van der Waals surface area contributed by atoms with Crippen LogP contribution in [0.2, 0.25) is 10.0 Å². The van der Waals surface area contributed by atoms with Crippen molar-refractivity contribution < 1.29 is 4.79 Å². The second-order valence-electron chi connectivity index (χ2n) is 5.50. The van der Waals surface area contributed by atoms with Gasteiger partial charge in [0.2, 0.25) is 5.91 Å². The summed E-state index contributed by atoms with van der Waals surface area (Å²) in [6.45, 7) is 6.03. The van der Waals surface area contributed by atoms with E-state index >= 15 is 0 Å². The average Bonchev–Trinajstić information content (AvgIpc) is 2.59. The molecule has 0 aliphatic carbocycles. The lowest BCUT2D eigenvalue weighted by atomic mass is 10.0. The van der Waals surface area contributed by atoms with E-state index in [4.69, 9.17) is 23.2 Å². The van der Waals surface area contributed by atoms with Gasteiger partial charge in [0.05, 0.1) is 0 Å². The van der Waals surface area contributed by atoms with Crippen LogP contribution in [0.3, 0.4) is 0 Å². The highest BCUT2D eigenvalue weighted by Gasteiger charge is 2.06. The third kappa shape index (κ3) is 5.93. The molecule has 0 unspecified atom stereocenters. The average molecular weight is 372 g/mol. The molecule has 2 rings (SSSR count). The van der Waals surface area contributed by atoms with Crippen LogP contribution in [-0.2, 0) is 4.79 Å². The Morgan fingerprint density at radius 3 is 2.48 bits per heavy atom. The maximum Gasteiger partial charge on any atom is 0.244 e. The molecule has 0 spiro atoms. The number of aryl methyl sites for hydroxylation is 1. The first-order chi connectivity index (χ1) is 12.0. The van der Waals surface area contributed by atoms with Gasteiger partial charge in [0.1, 0.15) is 0 Å². The van der Waals surface area contributed by atoms with Gasteiger partial charge < -0.3 is 5.32 Å². The van der Waals surface area contributed by atoms with E-state index < -0.39 is 0 Å². The number of rotatable bonds is 6. The molecule has 0 heterocycles. The van der Waals surface area contributed by atoms with Gasteiger partial charge >= 0.3 is 0 Å². The maximum atomic E-state index is 11.8. The Morgan fingerprint density at radius 1 is 1.12 bits per heavy atom. The van der Waals surface area contributed by atoms with Gasteiger partial charge in [-0.05, 0) is 42.3 Å². The molecule has 0 aromatic heterocycles. The molecular weight excluding hydrogens is 353 g/mol. The Balaban J connectivity index is 2.40. The lowest BCUT2D eigenvalue weighted by Crippen LogP contribution is -2.20. The van der Waals surface area contributed by atoms with Crippen molar-refractivity contribution >= 4 is 40.8 Å². The van der Waals surface area contributed by atoms with E-state index in [0.29, 0.717) is 16.6 Å². The quantitative estimate of drug-likeness (QED) is 0.300. The van der Waals surface area contributed by atoms with E-state index in [9.17, 15) is 4.79 Å². The zero-order valence-electron chi connectivity index (χ0n) is 13.9. The molecule has 0 saturated heterocycles. The summed E-state index contributed by atoms with van der Waals surface area (Å²) in [6.07, 6.45) is 6.83. The van der Waals surface area contributed by atoms with Crippen molar-refractivity contribution in [2.45, 2.75) is 6.92 Å². The largest absolute Gasteiger partial charge is 0.349 e. The summed E-state index contributed by atoms with van der Waals surface area (Å²) >= 11 is 12.3. The fourth-order valence-electron chi connectivity index (χ4n) is 2.18. The molecule has 2 aromatic carbocycles. The summed E-state index contributed by atoms with van der Waals surface area (Å²) in [6, 6.07) is 13.4. The molecule has 0 aliphatic rings. The third-order valence-electron chi connectivity index (χ3n) is 3.48. The molecule has 1 amide bonds. The van der Waals surface area contributed by atoms with Gasteiger partial charge in [0, 0.05) is 28.2 Å². The number of hydrogen-bond acceptors (Lipinski definition) is 1. The number of carbonyl (C=O) groups excluding carboxylic acids is 1. The molecule has 25 heavy (non-hydrogen) atoms. The molecule has 0 fully saturated rings. The molecule has 0 bridgehead atoms. The molecule has 0 atom stereocenters. The van der Waals surface area contributed by atoms with E-state index in [1.54, 1.807) is 24.3 Å². The number of benzene rings is 2. The summed E-state index contributed by atoms with van der Waals surface area (Å²) in [7, 11) is 0. The van der Waals surface area contributed by atoms with E-state index in [1.807, 2.05) is 43.3 Å². The lowest BCUT2D eigenvalue weighted by Gasteiger charge is -2.07. The fourth-order valence-corrected chi connectivity index (χ4v) is 2.70. The van der Waals surface area contributed by atoms with Crippen molar-refractivity contribution in [3.05, 3.63) is 94.0 Å². The summed E-state index contributed by atoms with van der Waals surface area (Å²) in [4.78, 5) is 11.8. The van der Waals surface area contributed by atoms with Crippen molar-refractivity contribution in [2.24, 2.45) is 0 Å². The Hall–Kier alpha value is -2.29. The highest BCUT2D eigenvalue weighted by molar-refractivity contribution is 6.36. The predicted octanol–water partition coefficient (Wildman–Crippen LogP) is 5.70. The molecule has 1 N–H and O–H groups in total. The summed E-state index contributed by atoms with van der Waals surface area (Å²) < 4.78 is 0. The maximum absolute atomic E-state index is 11.8. The standard InChI is InChI=1S/C21H19Cl2NO/c1-3-12-24-21(25)11-8-17(13-16-6-4-15(2)5-7-16)19-10-9-18(22)14-20(19)23/h3-11,13-14H,1,12H2,2H3,(H,24,25)/b11-8+,17-13-. The van der Waals surface area contributed by atoms with E-state index in [-0.39, 0.29) is 5.91 Å². The SMILES string of the molecule is C=CCNC(=O)/C=C/C(=C/c1ccc(C)cc1)c1ccc(Cl)cc1Cl. The Kier molecular flexibility index (Phi) is 7.05. The highest BCUT2D eigenvalue weighted by atomic mass is 35.5. The molecule has 2 nitrogen and oxygen atoms in total. The first-order valence-corrected chi connectivity index (χ1v) is 8.56. The first-order valence-electron chi connectivity index (χ1n) is 7.80. The van der Waals surface area contributed by atoms with Crippen LogP contribution in [0.5, 0.6) is 0 Å². The van der Waals surface area contributed by atoms with Crippen LogP contribution < -0.4 is 5.32 Å². The zero-order chi connectivity index (χ0) is 18.2. The minimum absolute atomic E-state index is 0.195. The molecular formula is C21H19Cl2NO. The lowest BCUT2D eigenvalue weighted by molar-refractivity contribution is -0.116. The highest BCUT2D eigenvalue weighted by Crippen LogP contribution is 2.29. The number of hydrogen-bond donors (Lipinski definition) is 1. The Bertz CT molecular complexity index is 820. The second kappa shape index (κ2) is 9.26. The van der Waals surface area contributed by atoms with Crippen molar-refractivity contribution in [3.63, 3.8) is 0 Å². The van der Waals surface area contributed by atoms with Crippen LogP contribution in [0.1, 0.15) is 16.7 Å². The number of allylic oxidation sites excluding steroid dienone is 2. The van der Waals surface area contributed by atoms with Crippen LogP contribution >= 0.6 is 23.2 Å². The van der Waals surface area contributed by atoms with Crippen LogP contribution in [0.4, 0.5) is 0 Å². The van der Waals surface area contributed by atoms with Crippen molar-refractivity contribution in [2.75, 3.05) is 6.54 Å². The Morgan fingerprint density at radius 2 is 1.84 bits per heavy atom. The molecule has 0 aliphatic heterocycles. The minimum atomic E-state index is -0.195. The smallest absolute Gasteiger partial charge is 0.244 e. The molecule has 128 valence electrons. The van der Waals surface area contributed by atoms with Gasteiger partial charge in [-0.15, -0.1) is 6.58 Å². The van der Waals surface area contributed by atoms with Crippen molar-refractivity contribution in [1.29, 1.82) is 0 Å². The summed E-state index contributed by atoms with van der Waals surface area (Å²) in [5.74, 6) is -0.195. The van der Waals surface area contributed by atoms with Crippen LogP contribution in [-0.4, -0.2) is 12.5 Å². The van der Waals surface area contributed by atoms with Gasteiger partial charge in [-0.3, -0.25) is 4.79 Å². The number of carbonyl (C=O) groups is 1. The summed E-state index contributed by atoms with van der Waals surface area (Å²) in [5.41, 5.74) is 3.82. The molecule has 2 aromatic rings. The van der Waals surface area contributed by atoms with Crippen LogP contribution in [0, 0.1) is 6.92 Å². The van der Waals surface area contributed by atoms with Crippen LogP contribution in [0.15, 0.2) is 67.3 Å². The number of halogens is 2. The third-order valence-corrected chi connectivity index (χ3v) is 4.02. The fraction of sp³-hybridized carbons (Fsp3) is 0.0952. The van der Waals surface area contributed by atoms with Gasteiger partial charge in [-0.2, -0.15) is 0 Å². The van der Waals surface area contributed by atoms with E-state index in [1.165, 1.54) is 11.6 Å². The minimum Gasteiger partial charge on any atom is -0.349 e. The normalized spacial score (nSPS) is 11.6. The first kappa shape index (κ1) is 19.0. The van der Waals surface area contributed by atoms with Gasteiger partial charge in [-0.25, -0.2) is 0 Å². The van der Waals surface area contributed by atoms with Crippen molar-refractivity contribution in [3.8, 4) is 0 Å². The van der Waals surface area contributed by atoms with Gasteiger partial charge in [-0.1, -0.05) is 65.2 Å². The second-order valence-corrected chi connectivity index (χ2v) is 6.35. The van der Waals surface area contributed by atoms with Crippen LogP contribution in [0.25, 0.3) is 11.6 Å². The molecule has 0 radical (unpaired) electrons. The summed E-state index contributed by atoms with van der Waals surface area (Å²) in [5, 5.41) is 3.80. The zero-order valence-corrected chi connectivity index (χ0v) is 15.4. The van der Waals surface area contributed by atoms with E-state index in [0.717, 1.165) is 16.7 Å². The topological polar surface area (TPSA) is 29.1 Å². The predicted molar refractivity (Wildman–Crippen MR) is 108 cm³/mol. The number of amides is 1. The van der Waals surface area contributed by atoms with Gasteiger partial charge in [0.25, 0.3) is 0 Å². The van der Waals surface area contributed by atoms with Crippen molar-refractivity contribution in [1.82, 2.24) is 5.32 Å². The van der Waals surface area contributed by atoms with Gasteiger partial charge in [0.15, 0.2) is 0 Å². The molecule has 4 heteroatoms. The van der Waals surface area contributed by atoms with E-state index in [2.05, 4.69) is 11.9 Å².